The molecule has 6 heteroatoms. The van der Waals surface area contributed by atoms with E-state index in [9.17, 15) is 5.11 Å². The van der Waals surface area contributed by atoms with Gasteiger partial charge in [0.1, 0.15) is 5.75 Å². The number of phenolic OH excluding ortho intramolecular Hbond substituents is 1. The van der Waals surface area contributed by atoms with E-state index in [-0.39, 0.29) is 5.75 Å². The second-order valence-corrected chi connectivity index (χ2v) is 5.35. The number of methoxy groups -OCH3 is 2. The quantitative estimate of drug-likeness (QED) is 0.609. The van der Waals surface area contributed by atoms with Gasteiger partial charge in [-0.25, -0.2) is 0 Å². The number of nitrogens with one attached hydrogen (secondary N) is 1. The fourth-order valence-corrected chi connectivity index (χ4v) is 2.25. The van der Waals surface area contributed by atoms with Crippen molar-refractivity contribution in [3.63, 3.8) is 0 Å². The molecule has 0 aliphatic heterocycles. The second kappa shape index (κ2) is 7.70. The molecule has 0 aliphatic carbocycles. The number of ether oxygens (including phenoxy) is 2. The van der Waals surface area contributed by atoms with Crippen LogP contribution in [0.2, 0.25) is 0 Å². The van der Waals surface area contributed by atoms with Crippen LogP contribution < -0.4 is 14.9 Å². The van der Waals surface area contributed by atoms with E-state index in [1.54, 1.807) is 38.6 Å². The van der Waals surface area contributed by atoms with Crippen LogP contribution in [0.15, 0.2) is 46.0 Å². The first-order valence-electron chi connectivity index (χ1n) is 6.59. The Morgan fingerprint density at radius 1 is 1.14 bits per heavy atom. The lowest BCUT2D eigenvalue weighted by molar-refractivity contribution is 0.354. The first-order chi connectivity index (χ1) is 10.6. The third-order valence-electron chi connectivity index (χ3n) is 3.01. The number of halogens is 1. The van der Waals surface area contributed by atoms with Crippen LogP contribution >= 0.6 is 15.9 Å². The summed E-state index contributed by atoms with van der Waals surface area (Å²) in [7, 11) is 3.21. The summed E-state index contributed by atoms with van der Waals surface area (Å²) in [5, 5.41) is 13.6. The van der Waals surface area contributed by atoms with Crippen LogP contribution in [0.4, 0.5) is 0 Å². The van der Waals surface area contributed by atoms with Gasteiger partial charge in [0.15, 0.2) is 11.5 Å². The molecule has 2 N–H and O–H groups in total. The molecular formula is C16H17BrN2O3. The van der Waals surface area contributed by atoms with Crippen molar-refractivity contribution >= 4 is 22.1 Å². The molecule has 0 bridgehead atoms. The normalized spacial score (nSPS) is 10.7. The number of aromatic hydroxyl groups is 1. The highest BCUT2D eigenvalue weighted by atomic mass is 79.9. The lowest BCUT2D eigenvalue weighted by atomic mass is 10.2. The molecule has 2 rings (SSSR count). The minimum Gasteiger partial charge on any atom is -0.507 e. The summed E-state index contributed by atoms with van der Waals surface area (Å²) < 4.78 is 11.1. The molecule has 0 spiro atoms. The minimum absolute atomic E-state index is 0.204. The molecule has 0 aliphatic rings. The zero-order chi connectivity index (χ0) is 15.9. The van der Waals surface area contributed by atoms with Gasteiger partial charge in [-0.05, 0) is 57.4 Å². The molecule has 0 saturated carbocycles. The highest BCUT2D eigenvalue weighted by Gasteiger charge is 2.03. The molecule has 0 radical (unpaired) electrons. The van der Waals surface area contributed by atoms with Crippen molar-refractivity contribution in [1.82, 2.24) is 5.43 Å². The average Bonchev–Trinajstić information content (AvgIpc) is 2.54. The highest BCUT2D eigenvalue weighted by molar-refractivity contribution is 9.10. The number of hydrogen-bond donors (Lipinski definition) is 2. The van der Waals surface area contributed by atoms with E-state index in [1.807, 2.05) is 18.2 Å². The molecule has 0 fully saturated rings. The summed E-state index contributed by atoms with van der Waals surface area (Å²) in [6.45, 7) is 0.566. The van der Waals surface area contributed by atoms with Crippen molar-refractivity contribution in [2.75, 3.05) is 14.2 Å². The number of nitrogens with zero attached hydrogens (tertiary/aromatic N) is 1. The zero-order valence-corrected chi connectivity index (χ0v) is 13.9. The van der Waals surface area contributed by atoms with E-state index in [1.165, 1.54) is 0 Å². The van der Waals surface area contributed by atoms with E-state index in [0.29, 0.717) is 22.5 Å². The first-order valence-corrected chi connectivity index (χ1v) is 7.38. The smallest absolute Gasteiger partial charge is 0.161 e. The van der Waals surface area contributed by atoms with Gasteiger partial charge in [-0.1, -0.05) is 6.07 Å². The molecule has 116 valence electrons. The molecular weight excluding hydrogens is 348 g/mol. The van der Waals surface area contributed by atoms with Crippen molar-refractivity contribution in [2.45, 2.75) is 6.54 Å². The minimum atomic E-state index is 0.204. The van der Waals surface area contributed by atoms with Gasteiger partial charge < -0.3 is 20.0 Å². The summed E-state index contributed by atoms with van der Waals surface area (Å²) >= 11 is 3.26. The Labute approximate surface area is 137 Å². The third-order valence-corrected chi connectivity index (χ3v) is 3.64. The molecule has 0 amide bonds. The molecule has 22 heavy (non-hydrogen) atoms. The fourth-order valence-electron chi connectivity index (χ4n) is 1.85. The maximum absolute atomic E-state index is 9.43. The monoisotopic (exact) mass is 364 g/mol. The van der Waals surface area contributed by atoms with Crippen molar-refractivity contribution in [3.05, 3.63) is 52.0 Å². The summed E-state index contributed by atoms with van der Waals surface area (Å²) in [4.78, 5) is 0. The van der Waals surface area contributed by atoms with Gasteiger partial charge in [0, 0.05) is 0 Å². The van der Waals surface area contributed by atoms with Crippen LogP contribution in [0, 0.1) is 0 Å². The van der Waals surface area contributed by atoms with E-state index in [4.69, 9.17) is 9.47 Å². The lowest BCUT2D eigenvalue weighted by Crippen LogP contribution is -2.06. The van der Waals surface area contributed by atoms with Crippen molar-refractivity contribution in [2.24, 2.45) is 5.10 Å². The Kier molecular flexibility index (Phi) is 5.66. The zero-order valence-electron chi connectivity index (χ0n) is 12.3. The Balaban J connectivity index is 1.95. The van der Waals surface area contributed by atoms with E-state index in [0.717, 1.165) is 11.1 Å². The molecule has 2 aromatic rings. The molecule has 0 unspecified atom stereocenters. The van der Waals surface area contributed by atoms with Crippen molar-refractivity contribution in [1.29, 1.82) is 0 Å². The van der Waals surface area contributed by atoms with Crippen LogP contribution in [0.5, 0.6) is 17.2 Å². The van der Waals surface area contributed by atoms with Gasteiger partial charge in [0.2, 0.25) is 0 Å². The van der Waals surface area contributed by atoms with Crippen LogP contribution in [0.3, 0.4) is 0 Å². The SMILES string of the molecule is COc1ccc(CN/N=C/c2ccc(O)c(Br)c2)cc1OC. The average molecular weight is 365 g/mol. The van der Waals surface area contributed by atoms with Gasteiger partial charge in [-0.3, -0.25) is 0 Å². The Hall–Kier alpha value is -2.21. The number of rotatable bonds is 6. The van der Waals surface area contributed by atoms with Gasteiger partial charge in [0.05, 0.1) is 31.5 Å². The number of hydrazone groups is 1. The van der Waals surface area contributed by atoms with Crippen molar-refractivity contribution < 1.29 is 14.6 Å². The van der Waals surface area contributed by atoms with Crippen LogP contribution in [0.1, 0.15) is 11.1 Å². The van der Waals surface area contributed by atoms with Crippen molar-refractivity contribution in [3.8, 4) is 17.2 Å². The molecule has 0 heterocycles. The predicted molar refractivity (Wildman–Crippen MR) is 89.8 cm³/mol. The van der Waals surface area contributed by atoms with Crippen LogP contribution in [0.25, 0.3) is 0 Å². The van der Waals surface area contributed by atoms with E-state index in [2.05, 4.69) is 26.5 Å². The Morgan fingerprint density at radius 3 is 2.59 bits per heavy atom. The van der Waals surface area contributed by atoms with Crippen LogP contribution in [-0.2, 0) is 6.54 Å². The molecule has 5 nitrogen and oxygen atoms in total. The summed E-state index contributed by atoms with van der Waals surface area (Å²) in [5.74, 6) is 1.59. The Morgan fingerprint density at radius 2 is 1.91 bits per heavy atom. The van der Waals surface area contributed by atoms with Gasteiger partial charge in [0.25, 0.3) is 0 Å². The third kappa shape index (κ3) is 4.14. The topological polar surface area (TPSA) is 63.1 Å². The largest absolute Gasteiger partial charge is 0.507 e. The van der Waals surface area contributed by atoms with Gasteiger partial charge in [-0.2, -0.15) is 5.10 Å². The molecule has 0 aromatic heterocycles. The highest BCUT2D eigenvalue weighted by Crippen LogP contribution is 2.27. The summed E-state index contributed by atoms with van der Waals surface area (Å²) in [6, 6.07) is 10.9. The summed E-state index contributed by atoms with van der Waals surface area (Å²) in [6.07, 6.45) is 1.69. The maximum atomic E-state index is 9.43. The molecule has 0 atom stereocenters. The summed E-state index contributed by atoms with van der Waals surface area (Å²) in [5.41, 5.74) is 4.88. The van der Waals surface area contributed by atoms with E-state index < -0.39 is 0 Å². The number of hydrogen-bond acceptors (Lipinski definition) is 5. The first kappa shape index (κ1) is 16.2. The fraction of sp³-hybridized carbons (Fsp3) is 0.188. The lowest BCUT2D eigenvalue weighted by Gasteiger charge is -2.09. The number of benzene rings is 2. The van der Waals surface area contributed by atoms with Gasteiger partial charge >= 0.3 is 0 Å². The molecule has 0 saturated heterocycles. The predicted octanol–water partition coefficient (Wildman–Crippen LogP) is 3.30. The number of phenols is 1. The van der Waals surface area contributed by atoms with E-state index >= 15 is 0 Å². The standard InChI is InChI=1S/C16H17BrN2O3/c1-21-15-6-4-12(8-16(15)22-2)10-19-18-9-11-3-5-14(20)13(17)7-11/h3-9,19-20H,10H2,1-2H3/b18-9+. The Bertz CT molecular complexity index is 674. The maximum Gasteiger partial charge on any atom is 0.161 e. The van der Waals surface area contributed by atoms with Gasteiger partial charge in [-0.15, -0.1) is 0 Å². The second-order valence-electron chi connectivity index (χ2n) is 4.49. The van der Waals surface area contributed by atoms with Crippen LogP contribution in [-0.4, -0.2) is 25.5 Å². The molecule has 2 aromatic carbocycles.